The average Bonchev–Trinajstić information content (AvgIpc) is 2.36. The first-order valence-corrected chi connectivity index (χ1v) is 5.11. The lowest BCUT2D eigenvalue weighted by Gasteiger charge is -2.04. The minimum atomic E-state index is -0.389. The molecule has 4 nitrogen and oxygen atoms in total. The predicted molar refractivity (Wildman–Crippen MR) is 62.4 cm³/mol. The Morgan fingerprint density at radius 1 is 1.29 bits per heavy atom. The Labute approximate surface area is 99.8 Å². The molecular formula is C13H14O4. The van der Waals surface area contributed by atoms with E-state index in [1.165, 1.54) is 13.2 Å². The maximum Gasteiger partial charge on any atom is 0.337 e. The van der Waals surface area contributed by atoms with Crippen LogP contribution in [0.3, 0.4) is 0 Å². The van der Waals surface area contributed by atoms with E-state index in [1.54, 1.807) is 24.3 Å². The van der Waals surface area contributed by atoms with E-state index < -0.39 is 0 Å². The van der Waals surface area contributed by atoms with E-state index >= 15 is 0 Å². The van der Waals surface area contributed by atoms with E-state index in [0.717, 1.165) is 5.56 Å². The van der Waals surface area contributed by atoms with Gasteiger partial charge in [-0.2, -0.15) is 0 Å². The SMILES string of the molecule is C=CCC(=O)OCc1ccc(C(=O)OC)cc1. The van der Waals surface area contributed by atoms with Crippen LogP contribution in [-0.2, 0) is 20.9 Å². The molecule has 1 aromatic rings. The van der Waals surface area contributed by atoms with Gasteiger partial charge in [-0.25, -0.2) is 4.79 Å². The Bertz CT molecular complexity index is 406. The van der Waals surface area contributed by atoms with Crippen molar-refractivity contribution >= 4 is 11.9 Å². The molecule has 0 aliphatic rings. The summed E-state index contributed by atoms with van der Waals surface area (Å²) in [4.78, 5) is 22.2. The maximum absolute atomic E-state index is 11.2. The highest BCUT2D eigenvalue weighted by Crippen LogP contribution is 2.07. The molecule has 1 rings (SSSR count). The summed E-state index contributed by atoms with van der Waals surface area (Å²) in [7, 11) is 1.33. The van der Waals surface area contributed by atoms with Gasteiger partial charge in [0.2, 0.25) is 0 Å². The molecule has 0 unspecified atom stereocenters. The van der Waals surface area contributed by atoms with E-state index in [2.05, 4.69) is 11.3 Å². The normalized spacial score (nSPS) is 9.47. The van der Waals surface area contributed by atoms with Gasteiger partial charge in [-0.3, -0.25) is 4.79 Å². The zero-order chi connectivity index (χ0) is 12.7. The summed E-state index contributed by atoms with van der Waals surface area (Å²) in [5.74, 6) is -0.711. The van der Waals surface area contributed by atoms with Gasteiger partial charge in [-0.15, -0.1) is 6.58 Å². The van der Waals surface area contributed by atoms with Gasteiger partial charge in [0, 0.05) is 0 Å². The van der Waals surface area contributed by atoms with Gasteiger partial charge in [0.25, 0.3) is 0 Å². The molecule has 0 saturated heterocycles. The van der Waals surface area contributed by atoms with Crippen LogP contribution in [-0.4, -0.2) is 19.0 Å². The summed E-state index contributed by atoms with van der Waals surface area (Å²) >= 11 is 0. The minimum Gasteiger partial charge on any atom is -0.465 e. The van der Waals surface area contributed by atoms with Gasteiger partial charge in [0.1, 0.15) is 6.61 Å². The molecule has 0 bridgehead atoms. The highest BCUT2D eigenvalue weighted by atomic mass is 16.5. The molecule has 90 valence electrons. The van der Waals surface area contributed by atoms with Crippen molar-refractivity contribution in [2.75, 3.05) is 7.11 Å². The Balaban J connectivity index is 2.54. The van der Waals surface area contributed by atoms with Crippen molar-refractivity contribution in [2.24, 2.45) is 0 Å². The Kier molecular flexibility index (Phi) is 4.94. The van der Waals surface area contributed by atoms with Crippen molar-refractivity contribution in [3.05, 3.63) is 48.0 Å². The summed E-state index contributed by atoms with van der Waals surface area (Å²) in [6, 6.07) is 6.69. The van der Waals surface area contributed by atoms with Crippen LogP contribution >= 0.6 is 0 Å². The van der Waals surface area contributed by atoms with Crippen molar-refractivity contribution in [3.8, 4) is 0 Å². The Morgan fingerprint density at radius 3 is 2.47 bits per heavy atom. The smallest absolute Gasteiger partial charge is 0.337 e. The van der Waals surface area contributed by atoms with Crippen molar-refractivity contribution in [2.45, 2.75) is 13.0 Å². The fourth-order valence-corrected chi connectivity index (χ4v) is 1.20. The lowest BCUT2D eigenvalue weighted by atomic mass is 10.1. The summed E-state index contributed by atoms with van der Waals surface area (Å²) in [6.07, 6.45) is 1.68. The van der Waals surface area contributed by atoms with Gasteiger partial charge in [0.05, 0.1) is 19.1 Å². The van der Waals surface area contributed by atoms with Crippen LogP contribution in [0.25, 0.3) is 0 Å². The number of benzene rings is 1. The van der Waals surface area contributed by atoms with Crippen LogP contribution in [0.2, 0.25) is 0 Å². The van der Waals surface area contributed by atoms with Crippen molar-refractivity contribution < 1.29 is 19.1 Å². The molecule has 4 heteroatoms. The molecule has 0 N–H and O–H groups in total. The lowest BCUT2D eigenvalue weighted by Crippen LogP contribution is -2.04. The van der Waals surface area contributed by atoms with Crippen LogP contribution in [0.15, 0.2) is 36.9 Å². The molecule has 1 aromatic carbocycles. The first-order chi connectivity index (χ1) is 8.17. The third-order valence-electron chi connectivity index (χ3n) is 2.09. The highest BCUT2D eigenvalue weighted by Gasteiger charge is 2.05. The second-order valence-electron chi connectivity index (χ2n) is 3.34. The van der Waals surface area contributed by atoms with E-state index in [-0.39, 0.29) is 25.0 Å². The number of carbonyl (C=O) groups excluding carboxylic acids is 2. The lowest BCUT2D eigenvalue weighted by molar-refractivity contribution is -0.143. The second-order valence-corrected chi connectivity index (χ2v) is 3.34. The fourth-order valence-electron chi connectivity index (χ4n) is 1.20. The molecule has 0 aliphatic heterocycles. The number of ether oxygens (including phenoxy) is 2. The molecular weight excluding hydrogens is 220 g/mol. The third kappa shape index (κ3) is 4.10. The van der Waals surface area contributed by atoms with E-state index in [0.29, 0.717) is 5.56 Å². The van der Waals surface area contributed by atoms with E-state index in [4.69, 9.17) is 4.74 Å². The van der Waals surface area contributed by atoms with Gasteiger partial charge in [-0.1, -0.05) is 18.2 Å². The molecule has 0 fully saturated rings. The molecule has 17 heavy (non-hydrogen) atoms. The summed E-state index contributed by atoms with van der Waals surface area (Å²) in [5, 5.41) is 0. The van der Waals surface area contributed by atoms with Crippen LogP contribution in [0.4, 0.5) is 0 Å². The van der Waals surface area contributed by atoms with Crippen molar-refractivity contribution in [3.63, 3.8) is 0 Å². The van der Waals surface area contributed by atoms with Crippen molar-refractivity contribution in [1.29, 1.82) is 0 Å². The Morgan fingerprint density at radius 2 is 1.94 bits per heavy atom. The molecule has 0 atom stereocenters. The zero-order valence-electron chi connectivity index (χ0n) is 9.64. The molecule has 0 heterocycles. The van der Waals surface area contributed by atoms with Gasteiger partial charge in [0.15, 0.2) is 0 Å². The largest absolute Gasteiger partial charge is 0.465 e. The third-order valence-corrected chi connectivity index (χ3v) is 2.09. The highest BCUT2D eigenvalue weighted by molar-refractivity contribution is 5.89. The molecule has 0 saturated carbocycles. The van der Waals surface area contributed by atoms with Gasteiger partial charge < -0.3 is 9.47 Å². The summed E-state index contributed by atoms with van der Waals surface area (Å²) in [6.45, 7) is 3.63. The number of methoxy groups -OCH3 is 1. The molecule has 0 spiro atoms. The summed E-state index contributed by atoms with van der Waals surface area (Å²) < 4.78 is 9.54. The van der Waals surface area contributed by atoms with E-state index in [1.807, 2.05) is 0 Å². The molecule has 0 aromatic heterocycles. The fraction of sp³-hybridized carbons (Fsp3) is 0.231. The Hall–Kier alpha value is -2.10. The number of rotatable bonds is 5. The number of esters is 2. The first-order valence-electron chi connectivity index (χ1n) is 5.11. The number of carbonyl (C=O) groups is 2. The predicted octanol–water partition coefficient (Wildman–Crippen LogP) is 2.09. The molecule has 0 radical (unpaired) electrons. The minimum absolute atomic E-state index is 0.189. The quantitative estimate of drug-likeness (QED) is 0.578. The maximum atomic E-state index is 11.2. The standard InChI is InChI=1S/C13H14O4/c1-3-4-12(14)17-9-10-5-7-11(8-6-10)13(15)16-2/h3,5-8H,1,4,9H2,2H3. The summed E-state index contributed by atoms with van der Waals surface area (Å²) in [5.41, 5.74) is 1.28. The topological polar surface area (TPSA) is 52.6 Å². The van der Waals surface area contributed by atoms with Gasteiger partial charge in [-0.05, 0) is 17.7 Å². The zero-order valence-corrected chi connectivity index (χ0v) is 9.64. The first kappa shape index (κ1) is 13.0. The number of hydrogen-bond donors (Lipinski definition) is 0. The van der Waals surface area contributed by atoms with Crippen LogP contribution in [0.5, 0.6) is 0 Å². The monoisotopic (exact) mass is 234 g/mol. The molecule has 0 aliphatic carbocycles. The van der Waals surface area contributed by atoms with Crippen LogP contribution in [0, 0.1) is 0 Å². The van der Waals surface area contributed by atoms with E-state index in [9.17, 15) is 9.59 Å². The molecule has 0 amide bonds. The second kappa shape index (κ2) is 6.48. The van der Waals surface area contributed by atoms with Crippen LogP contribution < -0.4 is 0 Å². The van der Waals surface area contributed by atoms with Crippen molar-refractivity contribution in [1.82, 2.24) is 0 Å². The average molecular weight is 234 g/mol. The van der Waals surface area contributed by atoms with Gasteiger partial charge >= 0.3 is 11.9 Å². The number of hydrogen-bond acceptors (Lipinski definition) is 4. The van der Waals surface area contributed by atoms with Crippen LogP contribution in [0.1, 0.15) is 22.3 Å².